The van der Waals surface area contributed by atoms with E-state index < -0.39 is 0 Å². The minimum atomic E-state index is 0.378. The van der Waals surface area contributed by atoms with Crippen LogP contribution in [0.25, 0.3) is 0 Å². The number of phenols is 1. The van der Waals surface area contributed by atoms with Gasteiger partial charge in [0.25, 0.3) is 0 Å². The largest absolute Gasteiger partial charge is 0.508 e. The summed E-state index contributed by atoms with van der Waals surface area (Å²) in [5.41, 5.74) is 2.65. The molecule has 0 aromatic heterocycles. The van der Waals surface area contributed by atoms with Crippen molar-refractivity contribution in [3.8, 4) is 5.75 Å². The van der Waals surface area contributed by atoms with Gasteiger partial charge in [0.1, 0.15) is 5.75 Å². The minimum absolute atomic E-state index is 0.378. The number of benzene rings is 1. The maximum atomic E-state index is 9.57. The third-order valence-electron chi connectivity index (χ3n) is 4.00. The lowest BCUT2D eigenvalue weighted by Gasteiger charge is -2.27. The standard InChI is InChI=1S/C16H26N2O2/c1-18(10-11-20-2)9-8-17-16-5-3-4-13-12-14(19)6-7-15(13)16/h6-7,12,16-17,19H,3-5,8-11H2,1-2H3. The Morgan fingerprint density at radius 1 is 1.40 bits per heavy atom. The number of methoxy groups -OCH3 is 1. The minimum Gasteiger partial charge on any atom is -0.508 e. The molecule has 1 aliphatic carbocycles. The number of ether oxygens (including phenoxy) is 1. The third-order valence-corrected chi connectivity index (χ3v) is 4.00. The first kappa shape index (κ1) is 15.3. The van der Waals surface area contributed by atoms with E-state index in [4.69, 9.17) is 4.74 Å². The summed E-state index contributed by atoms with van der Waals surface area (Å²) in [6, 6.07) is 6.20. The molecule has 0 saturated heterocycles. The van der Waals surface area contributed by atoms with Gasteiger partial charge in [-0.3, -0.25) is 0 Å². The Bertz CT molecular complexity index is 423. The summed E-state index contributed by atoms with van der Waals surface area (Å²) >= 11 is 0. The van der Waals surface area contributed by atoms with Crippen molar-refractivity contribution in [3.05, 3.63) is 29.3 Å². The van der Waals surface area contributed by atoms with E-state index in [1.165, 1.54) is 24.0 Å². The van der Waals surface area contributed by atoms with E-state index >= 15 is 0 Å². The van der Waals surface area contributed by atoms with Crippen molar-refractivity contribution in [2.45, 2.75) is 25.3 Å². The monoisotopic (exact) mass is 278 g/mol. The highest BCUT2D eigenvalue weighted by molar-refractivity contribution is 5.38. The van der Waals surface area contributed by atoms with Crippen molar-refractivity contribution in [1.82, 2.24) is 10.2 Å². The van der Waals surface area contributed by atoms with Crippen molar-refractivity contribution < 1.29 is 9.84 Å². The highest BCUT2D eigenvalue weighted by Gasteiger charge is 2.19. The first-order chi connectivity index (χ1) is 9.70. The summed E-state index contributed by atoms with van der Waals surface area (Å²) in [6.45, 7) is 3.74. The van der Waals surface area contributed by atoms with E-state index in [2.05, 4.69) is 23.3 Å². The van der Waals surface area contributed by atoms with Crippen LogP contribution in [-0.4, -0.2) is 50.4 Å². The summed E-state index contributed by atoms with van der Waals surface area (Å²) in [4.78, 5) is 2.27. The Morgan fingerprint density at radius 3 is 3.05 bits per heavy atom. The third kappa shape index (κ3) is 4.20. The van der Waals surface area contributed by atoms with E-state index in [9.17, 15) is 5.11 Å². The second-order valence-electron chi connectivity index (χ2n) is 5.58. The molecule has 1 aromatic carbocycles. The molecule has 0 saturated carbocycles. The molecule has 0 heterocycles. The van der Waals surface area contributed by atoms with Gasteiger partial charge in [-0.25, -0.2) is 0 Å². The number of rotatable bonds is 7. The molecule has 0 radical (unpaired) electrons. The molecule has 1 aromatic rings. The summed E-state index contributed by atoms with van der Waals surface area (Å²) in [5, 5.41) is 13.2. The molecule has 0 amide bonds. The SMILES string of the molecule is COCCN(C)CCNC1CCCc2cc(O)ccc21. The smallest absolute Gasteiger partial charge is 0.115 e. The molecule has 4 heteroatoms. The van der Waals surface area contributed by atoms with Crippen LogP contribution < -0.4 is 5.32 Å². The zero-order chi connectivity index (χ0) is 14.4. The average molecular weight is 278 g/mol. The zero-order valence-electron chi connectivity index (χ0n) is 12.6. The average Bonchev–Trinajstić information content (AvgIpc) is 2.45. The van der Waals surface area contributed by atoms with Crippen LogP contribution in [0, 0.1) is 0 Å². The zero-order valence-corrected chi connectivity index (χ0v) is 12.6. The molecule has 0 aliphatic heterocycles. The number of phenolic OH excluding ortho intramolecular Hbond substituents is 1. The maximum Gasteiger partial charge on any atom is 0.115 e. The fraction of sp³-hybridized carbons (Fsp3) is 0.625. The molecule has 1 aliphatic rings. The van der Waals surface area contributed by atoms with Gasteiger partial charge in [-0.05, 0) is 49.6 Å². The Morgan fingerprint density at radius 2 is 2.25 bits per heavy atom. The number of aromatic hydroxyl groups is 1. The first-order valence-corrected chi connectivity index (χ1v) is 7.43. The Kier molecular flexibility index (Phi) is 5.83. The van der Waals surface area contributed by atoms with E-state index in [0.29, 0.717) is 11.8 Å². The number of likely N-dealkylation sites (N-methyl/N-ethyl adjacent to an activating group) is 1. The Balaban J connectivity index is 1.83. The van der Waals surface area contributed by atoms with Crippen molar-refractivity contribution in [2.75, 3.05) is 40.4 Å². The summed E-state index contributed by atoms with van der Waals surface area (Å²) in [6.07, 6.45) is 3.45. The number of nitrogens with zero attached hydrogens (tertiary/aromatic N) is 1. The van der Waals surface area contributed by atoms with Crippen molar-refractivity contribution in [2.24, 2.45) is 0 Å². The van der Waals surface area contributed by atoms with E-state index in [1.54, 1.807) is 13.2 Å². The molecule has 0 spiro atoms. The quantitative estimate of drug-likeness (QED) is 0.800. The van der Waals surface area contributed by atoms with Crippen molar-refractivity contribution >= 4 is 0 Å². The fourth-order valence-electron chi connectivity index (χ4n) is 2.80. The lowest BCUT2D eigenvalue weighted by atomic mass is 9.87. The van der Waals surface area contributed by atoms with Crippen LogP contribution in [0.4, 0.5) is 0 Å². The second-order valence-corrected chi connectivity index (χ2v) is 5.58. The Labute approximate surface area is 121 Å². The lowest BCUT2D eigenvalue weighted by molar-refractivity contribution is 0.161. The van der Waals surface area contributed by atoms with Crippen LogP contribution in [0.1, 0.15) is 30.0 Å². The van der Waals surface area contributed by atoms with Gasteiger partial charge in [-0.1, -0.05) is 6.07 Å². The molecule has 4 nitrogen and oxygen atoms in total. The lowest BCUT2D eigenvalue weighted by Crippen LogP contribution is -2.34. The molecule has 0 fully saturated rings. The number of hydrogen-bond acceptors (Lipinski definition) is 4. The van der Waals surface area contributed by atoms with E-state index in [0.717, 1.165) is 32.7 Å². The van der Waals surface area contributed by atoms with Gasteiger partial charge in [0.05, 0.1) is 6.61 Å². The summed E-state index contributed by atoms with van der Waals surface area (Å²) in [7, 11) is 3.86. The van der Waals surface area contributed by atoms with Gasteiger partial charge >= 0.3 is 0 Å². The van der Waals surface area contributed by atoms with Crippen molar-refractivity contribution in [1.29, 1.82) is 0 Å². The van der Waals surface area contributed by atoms with Crippen LogP contribution in [0.3, 0.4) is 0 Å². The van der Waals surface area contributed by atoms with Gasteiger partial charge < -0.3 is 20.1 Å². The molecule has 2 rings (SSSR count). The molecular weight excluding hydrogens is 252 g/mol. The maximum absolute atomic E-state index is 9.57. The van der Waals surface area contributed by atoms with Crippen LogP contribution in [0.2, 0.25) is 0 Å². The van der Waals surface area contributed by atoms with Gasteiger partial charge in [-0.15, -0.1) is 0 Å². The number of hydrogen-bond donors (Lipinski definition) is 2. The molecule has 1 unspecified atom stereocenters. The summed E-state index contributed by atoms with van der Waals surface area (Å²) in [5.74, 6) is 0.378. The van der Waals surface area contributed by atoms with Gasteiger partial charge in [0.15, 0.2) is 0 Å². The molecule has 0 bridgehead atoms. The first-order valence-electron chi connectivity index (χ1n) is 7.43. The predicted octanol–water partition coefficient (Wildman–Crippen LogP) is 1.94. The topological polar surface area (TPSA) is 44.7 Å². The van der Waals surface area contributed by atoms with Crippen LogP contribution in [0.5, 0.6) is 5.75 Å². The molecular formula is C16H26N2O2. The van der Waals surface area contributed by atoms with Crippen molar-refractivity contribution in [3.63, 3.8) is 0 Å². The van der Waals surface area contributed by atoms with Crippen LogP contribution >= 0.6 is 0 Å². The van der Waals surface area contributed by atoms with E-state index in [-0.39, 0.29) is 0 Å². The molecule has 1 atom stereocenters. The molecule has 2 N–H and O–H groups in total. The molecule has 112 valence electrons. The van der Waals surface area contributed by atoms with Crippen LogP contribution in [0.15, 0.2) is 18.2 Å². The second kappa shape index (κ2) is 7.62. The van der Waals surface area contributed by atoms with Gasteiger partial charge in [0, 0.05) is 32.8 Å². The predicted molar refractivity (Wildman–Crippen MR) is 81.2 cm³/mol. The molecule has 20 heavy (non-hydrogen) atoms. The number of fused-ring (bicyclic) bond motifs is 1. The van der Waals surface area contributed by atoms with Crippen LogP contribution in [-0.2, 0) is 11.2 Å². The van der Waals surface area contributed by atoms with Gasteiger partial charge in [0.2, 0.25) is 0 Å². The van der Waals surface area contributed by atoms with E-state index in [1.807, 2.05) is 6.07 Å². The number of nitrogens with one attached hydrogen (secondary N) is 1. The highest BCUT2D eigenvalue weighted by Crippen LogP contribution is 2.31. The van der Waals surface area contributed by atoms with Gasteiger partial charge in [-0.2, -0.15) is 0 Å². The summed E-state index contributed by atoms with van der Waals surface area (Å²) < 4.78 is 5.08. The Hall–Kier alpha value is -1.10. The fourth-order valence-corrected chi connectivity index (χ4v) is 2.80. The highest BCUT2D eigenvalue weighted by atomic mass is 16.5. The normalized spacial score (nSPS) is 18.2. The number of aryl methyl sites for hydroxylation is 1.